The first kappa shape index (κ1) is 11.8. The maximum atomic E-state index is 4.62. The minimum atomic E-state index is 0.439. The average molecular weight is 251 g/mol. The number of hydrogen-bond donors (Lipinski definition) is 2. The van der Waals surface area contributed by atoms with E-state index in [2.05, 4.69) is 59.5 Å². The average Bonchev–Trinajstić information content (AvgIpc) is 2.86. The van der Waals surface area contributed by atoms with Crippen LogP contribution < -0.4 is 5.32 Å². The summed E-state index contributed by atoms with van der Waals surface area (Å²) in [6.07, 6.45) is 1.95. The van der Waals surface area contributed by atoms with E-state index in [1.165, 1.54) is 5.39 Å². The molecule has 2 aromatic heterocycles. The lowest BCUT2D eigenvalue weighted by atomic mass is 10.1. The van der Waals surface area contributed by atoms with Crippen molar-refractivity contribution in [3.8, 4) is 0 Å². The first-order valence-corrected chi connectivity index (χ1v) is 6.53. The molecule has 0 saturated carbocycles. The second-order valence-corrected chi connectivity index (χ2v) is 5.01. The first-order valence-electron chi connectivity index (χ1n) is 6.53. The molecule has 0 bridgehead atoms. The Morgan fingerprint density at radius 1 is 1.11 bits per heavy atom. The number of fused-ring (bicyclic) bond motifs is 1. The van der Waals surface area contributed by atoms with Gasteiger partial charge in [-0.25, -0.2) is 4.98 Å². The molecule has 0 radical (unpaired) electrons. The predicted molar refractivity (Wildman–Crippen MR) is 79.9 cm³/mol. The largest absolute Gasteiger partial charge is 0.361 e. The second kappa shape index (κ2) is 4.76. The third kappa shape index (κ3) is 2.45. The van der Waals surface area contributed by atoms with Crippen molar-refractivity contribution in [1.82, 2.24) is 9.97 Å². The summed E-state index contributed by atoms with van der Waals surface area (Å²) in [4.78, 5) is 7.81. The standard InChI is InChI=1S/C16H17N3/c1-11(2)14-4-3-5-16(19-14)18-13-6-7-15-12(10-13)8-9-17-15/h3-11,17H,1-2H3,(H,18,19). The van der Waals surface area contributed by atoms with Gasteiger partial charge in [0.25, 0.3) is 0 Å². The van der Waals surface area contributed by atoms with E-state index in [0.29, 0.717) is 5.92 Å². The van der Waals surface area contributed by atoms with E-state index in [0.717, 1.165) is 22.7 Å². The summed E-state index contributed by atoms with van der Waals surface area (Å²) in [5.74, 6) is 1.33. The zero-order chi connectivity index (χ0) is 13.2. The van der Waals surface area contributed by atoms with Gasteiger partial charge in [0.05, 0.1) is 0 Å². The molecule has 0 aliphatic rings. The Bertz CT molecular complexity index is 698. The number of H-pyrrole nitrogens is 1. The summed E-state index contributed by atoms with van der Waals surface area (Å²) < 4.78 is 0. The lowest BCUT2D eigenvalue weighted by Crippen LogP contribution is -1.98. The van der Waals surface area contributed by atoms with Crippen molar-refractivity contribution in [3.05, 3.63) is 54.4 Å². The zero-order valence-corrected chi connectivity index (χ0v) is 11.1. The highest BCUT2D eigenvalue weighted by Gasteiger charge is 2.03. The molecule has 0 atom stereocenters. The molecule has 0 saturated heterocycles. The van der Waals surface area contributed by atoms with Gasteiger partial charge in [-0.15, -0.1) is 0 Å². The maximum absolute atomic E-state index is 4.62. The number of pyridine rings is 1. The van der Waals surface area contributed by atoms with E-state index in [4.69, 9.17) is 0 Å². The van der Waals surface area contributed by atoms with Crippen LogP contribution in [0.2, 0.25) is 0 Å². The van der Waals surface area contributed by atoms with Crippen molar-refractivity contribution >= 4 is 22.4 Å². The number of hydrogen-bond acceptors (Lipinski definition) is 2. The maximum Gasteiger partial charge on any atom is 0.130 e. The van der Waals surface area contributed by atoms with Crippen molar-refractivity contribution in [1.29, 1.82) is 0 Å². The molecule has 3 heteroatoms. The van der Waals surface area contributed by atoms with Crippen molar-refractivity contribution in [2.75, 3.05) is 5.32 Å². The predicted octanol–water partition coefficient (Wildman–Crippen LogP) is 4.43. The van der Waals surface area contributed by atoms with Gasteiger partial charge >= 0.3 is 0 Å². The van der Waals surface area contributed by atoms with Crippen LogP contribution in [0.4, 0.5) is 11.5 Å². The number of aromatic amines is 1. The minimum Gasteiger partial charge on any atom is -0.361 e. The Hall–Kier alpha value is -2.29. The Morgan fingerprint density at radius 3 is 2.84 bits per heavy atom. The summed E-state index contributed by atoms with van der Waals surface area (Å²) >= 11 is 0. The number of anilines is 2. The van der Waals surface area contributed by atoms with Crippen LogP contribution in [0.15, 0.2) is 48.7 Å². The number of rotatable bonds is 3. The monoisotopic (exact) mass is 251 g/mol. The van der Waals surface area contributed by atoms with E-state index < -0.39 is 0 Å². The van der Waals surface area contributed by atoms with Crippen LogP contribution >= 0.6 is 0 Å². The molecule has 3 rings (SSSR count). The Morgan fingerprint density at radius 2 is 2.00 bits per heavy atom. The van der Waals surface area contributed by atoms with Gasteiger partial charge in [0.15, 0.2) is 0 Å². The molecular weight excluding hydrogens is 234 g/mol. The van der Waals surface area contributed by atoms with Gasteiger partial charge in [-0.2, -0.15) is 0 Å². The molecular formula is C16H17N3. The number of nitrogens with one attached hydrogen (secondary N) is 2. The summed E-state index contributed by atoms with van der Waals surface area (Å²) in [6, 6.07) is 14.4. The molecule has 0 spiro atoms. The molecule has 0 unspecified atom stereocenters. The topological polar surface area (TPSA) is 40.7 Å². The highest BCUT2D eigenvalue weighted by molar-refractivity contribution is 5.83. The number of benzene rings is 1. The van der Waals surface area contributed by atoms with Crippen molar-refractivity contribution in [2.45, 2.75) is 19.8 Å². The van der Waals surface area contributed by atoms with Gasteiger partial charge in [-0.1, -0.05) is 19.9 Å². The van der Waals surface area contributed by atoms with Crippen molar-refractivity contribution in [2.24, 2.45) is 0 Å². The van der Waals surface area contributed by atoms with Crippen LogP contribution in [-0.2, 0) is 0 Å². The minimum absolute atomic E-state index is 0.439. The van der Waals surface area contributed by atoms with Gasteiger partial charge in [-0.3, -0.25) is 0 Å². The van der Waals surface area contributed by atoms with Crippen LogP contribution in [0.5, 0.6) is 0 Å². The molecule has 0 fully saturated rings. The fourth-order valence-corrected chi connectivity index (χ4v) is 2.12. The van der Waals surface area contributed by atoms with Gasteiger partial charge in [0.1, 0.15) is 5.82 Å². The number of aromatic nitrogens is 2. The van der Waals surface area contributed by atoms with E-state index in [1.807, 2.05) is 18.3 Å². The molecule has 96 valence electrons. The van der Waals surface area contributed by atoms with Gasteiger partial charge in [0.2, 0.25) is 0 Å². The number of nitrogens with zero attached hydrogens (tertiary/aromatic N) is 1. The van der Waals surface area contributed by atoms with E-state index >= 15 is 0 Å². The normalized spacial score (nSPS) is 11.1. The van der Waals surface area contributed by atoms with Crippen LogP contribution in [-0.4, -0.2) is 9.97 Å². The molecule has 2 N–H and O–H groups in total. The van der Waals surface area contributed by atoms with Gasteiger partial charge in [-0.05, 0) is 42.3 Å². The fraction of sp³-hybridized carbons (Fsp3) is 0.188. The summed E-state index contributed by atoms with van der Waals surface area (Å²) in [7, 11) is 0. The lowest BCUT2D eigenvalue weighted by molar-refractivity contribution is 0.825. The first-order chi connectivity index (χ1) is 9.22. The molecule has 1 aromatic carbocycles. The molecule has 0 amide bonds. The highest BCUT2D eigenvalue weighted by Crippen LogP contribution is 2.22. The highest BCUT2D eigenvalue weighted by atomic mass is 15.0. The smallest absolute Gasteiger partial charge is 0.130 e. The zero-order valence-electron chi connectivity index (χ0n) is 11.1. The summed E-state index contributed by atoms with van der Waals surface area (Å²) in [5.41, 5.74) is 3.31. The van der Waals surface area contributed by atoms with Gasteiger partial charge < -0.3 is 10.3 Å². The van der Waals surface area contributed by atoms with Crippen LogP contribution in [0.3, 0.4) is 0 Å². The Kier molecular flexibility index (Phi) is 2.95. The third-order valence-corrected chi connectivity index (χ3v) is 3.19. The van der Waals surface area contributed by atoms with Crippen LogP contribution in [0.1, 0.15) is 25.5 Å². The lowest BCUT2D eigenvalue weighted by Gasteiger charge is -2.09. The second-order valence-electron chi connectivity index (χ2n) is 5.01. The van der Waals surface area contributed by atoms with Gasteiger partial charge in [0, 0.05) is 28.5 Å². The van der Waals surface area contributed by atoms with Crippen molar-refractivity contribution in [3.63, 3.8) is 0 Å². The SMILES string of the molecule is CC(C)c1cccc(Nc2ccc3[nH]ccc3c2)n1. The van der Waals surface area contributed by atoms with E-state index in [1.54, 1.807) is 0 Å². The molecule has 3 aromatic rings. The molecule has 2 heterocycles. The molecule has 0 aliphatic carbocycles. The van der Waals surface area contributed by atoms with E-state index in [9.17, 15) is 0 Å². The van der Waals surface area contributed by atoms with Crippen molar-refractivity contribution < 1.29 is 0 Å². The fourth-order valence-electron chi connectivity index (χ4n) is 2.12. The quantitative estimate of drug-likeness (QED) is 0.723. The molecule has 19 heavy (non-hydrogen) atoms. The summed E-state index contributed by atoms with van der Waals surface area (Å²) in [6.45, 7) is 4.30. The van der Waals surface area contributed by atoms with Crippen LogP contribution in [0.25, 0.3) is 10.9 Å². The van der Waals surface area contributed by atoms with E-state index in [-0.39, 0.29) is 0 Å². The Balaban J connectivity index is 1.89. The van der Waals surface area contributed by atoms with Crippen LogP contribution in [0, 0.1) is 0 Å². The Labute approximate surface area is 112 Å². The molecule has 0 aliphatic heterocycles. The molecule has 3 nitrogen and oxygen atoms in total. The third-order valence-electron chi connectivity index (χ3n) is 3.19. The summed E-state index contributed by atoms with van der Waals surface area (Å²) in [5, 5.41) is 4.56.